The number of aromatic nitrogens is 3. The Kier molecular flexibility index (Phi) is 3.83. The number of H-pyrrole nitrogens is 1. The number of carbonyl (C=O) groups is 1. The molecule has 2 heterocycles. The van der Waals surface area contributed by atoms with Crippen molar-refractivity contribution in [2.45, 2.75) is 12.8 Å². The summed E-state index contributed by atoms with van der Waals surface area (Å²) in [6, 6.07) is 9.64. The summed E-state index contributed by atoms with van der Waals surface area (Å²) >= 11 is 5.67. The number of benzene rings is 1. The minimum Gasteiger partial charge on any atom is -0.361 e. The lowest BCUT2D eigenvalue weighted by atomic mass is 10.1. The zero-order valence-electron chi connectivity index (χ0n) is 11.1. The Bertz CT molecular complexity index is 784. The van der Waals surface area contributed by atoms with Crippen LogP contribution >= 0.6 is 11.6 Å². The van der Waals surface area contributed by atoms with E-state index in [4.69, 9.17) is 11.6 Å². The van der Waals surface area contributed by atoms with Crippen LogP contribution < -0.4 is 5.32 Å². The highest BCUT2D eigenvalue weighted by molar-refractivity contribution is 6.28. The summed E-state index contributed by atoms with van der Waals surface area (Å²) in [7, 11) is 0. The van der Waals surface area contributed by atoms with Crippen LogP contribution in [0, 0.1) is 0 Å². The number of anilines is 1. The van der Waals surface area contributed by atoms with Gasteiger partial charge < -0.3 is 10.3 Å². The van der Waals surface area contributed by atoms with Gasteiger partial charge in [-0.3, -0.25) is 4.79 Å². The third-order valence-corrected chi connectivity index (χ3v) is 3.37. The van der Waals surface area contributed by atoms with Gasteiger partial charge >= 0.3 is 0 Å². The number of nitrogens with zero attached hydrogens (tertiary/aromatic N) is 2. The Hall–Kier alpha value is -2.40. The van der Waals surface area contributed by atoms with Gasteiger partial charge in [0.2, 0.25) is 11.2 Å². The van der Waals surface area contributed by atoms with Crippen molar-refractivity contribution < 1.29 is 4.79 Å². The van der Waals surface area contributed by atoms with Crippen molar-refractivity contribution in [1.29, 1.82) is 0 Å². The number of para-hydroxylation sites is 1. The lowest BCUT2D eigenvalue weighted by Gasteiger charge is -2.04. The van der Waals surface area contributed by atoms with E-state index in [1.54, 1.807) is 6.07 Å². The van der Waals surface area contributed by atoms with Crippen LogP contribution in [0.25, 0.3) is 10.9 Å². The number of halogens is 1. The van der Waals surface area contributed by atoms with E-state index in [0.29, 0.717) is 18.7 Å². The van der Waals surface area contributed by atoms with Crippen LogP contribution in [0.15, 0.2) is 42.7 Å². The van der Waals surface area contributed by atoms with Crippen LogP contribution in [0.5, 0.6) is 0 Å². The van der Waals surface area contributed by atoms with Gasteiger partial charge in [0.05, 0.1) is 0 Å². The Morgan fingerprint density at radius 1 is 1.29 bits per heavy atom. The van der Waals surface area contributed by atoms with E-state index < -0.39 is 0 Å². The highest BCUT2D eigenvalue weighted by Crippen LogP contribution is 2.19. The number of amides is 1. The Labute approximate surface area is 126 Å². The molecule has 2 N–H and O–H groups in total. The number of hydrogen-bond donors (Lipinski definition) is 2. The number of aromatic amines is 1. The van der Waals surface area contributed by atoms with E-state index in [1.807, 2.05) is 30.5 Å². The maximum absolute atomic E-state index is 11.9. The Morgan fingerprint density at radius 2 is 2.14 bits per heavy atom. The normalized spacial score (nSPS) is 10.7. The molecule has 0 unspecified atom stereocenters. The molecule has 0 aliphatic carbocycles. The average Bonchev–Trinajstić information content (AvgIpc) is 2.88. The molecule has 0 aliphatic rings. The minimum atomic E-state index is -0.102. The van der Waals surface area contributed by atoms with Gasteiger partial charge in [0.15, 0.2) is 0 Å². The first kappa shape index (κ1) is 13.6. The first-order chi connectivity index (χ1) is 10.2. The summed E-state index contributed by atoms with van der Waals surface area (Å²) in [5.41, 5.74) is 2.21. The lowest BCUT2D eigenvalue weighted by Crippen LogP contribution is -2.13. The molecule has 3 rings (SSSR count). The van der Waals surface area contributed by atoms with Crippen molar-refractivity contribution in [3.05, 3.63) is 53.6 Å². The van der Waals surface area contributed by atoms with E-state index in [1.165, 1.54) is 6.20 Å². The second-order valence-electron chi connectivity index (χ2n) is 4.62. The van der Waals surface area contributed by atoms with E-state index in [9.17, 15) is 4.79 Å². The summed E-state index contributed by atoms with van der Waals surface area (Å²) < 4.78 is 0. The molecule has 2 aromatic heterocycles. The summed E-state index contributed by atoms with van der Waals surface area (Å²) in [5.74, 6) is 0.314. The molecule has 0 bridgehead atoms. The lowest BCUT2D eigenvalue weighted by molar-refractivity contribution is -0.116. The second-order valence-corrected chi connectivity index (χ2v) is 4.96. The molecule has 0 aliphatic heterocycles. The second kappa shape index (κ2) is 5.93. The molecule has 1 amide bonds. The van der Waals surface area contributed by atoms with E-state index in [0.717, 1.165) is 16.5 Å². The van der Waals surface area contributed by atoms with Gasteiger partial charge in [-0.15, -0.1) is 0 Å². The van der Waals surface area contributed by atoms with Gasteiger partial charge in [-0.05, 0) is 35.7 Å². The fourth-order valence-electron chi connectivity index (χ4n) is 2.20. The molecule has 5 nitrogen and oxygen atoms in total. The monoisotopic (exact) mass is 300 g/mol. The molecule has 0 fully saturated rings. The zero-order valence-corrected chi connectivity index (χ0v) is 11.9. The number of rotatable bonds is 4. The number of nitrogens with one attached hydrogen (secondary N) is 2. The first-order valence-electron chi connectivity index (χ1n) is 6.56. The third-order valence-electron chi connectivity index (χ3n) is 3.19. The highest BCUT2D eigenvalue weighted by Gasteiger charge is 2.07. The van der Waals surface area contributed by atoms with Gasteiger partial charge in [0.25, 0.3) is 0 Å². The molecular formula is C15H13ClN4O. The van der Waals surface area contributed by atoms with E-state index in [2.05, 4.69) is 20.3 Å². The minimum absolute atomic E-state index is 0.102. The topological polar surface area (TPSA) is 70.7 Å². The van der Waals surface area contributed by atoms with Crippen molar-refractivity contribution >= 4 is 34.2 Å². The number of fused-ring (bicyclic) bond motifs is 1. The van der Waals surface area contributed by atoms with Crippen LogP contribution in [0.3, 0.4) is 0 Å². The Morgan fingerprint density at radius 3 is 3.00 bits per heavy atom. The van der Waals surface area contributed by atoms with E-state index in [-0.39, 0.29) is 11.2 Å². The molecule has 0 radical (unpaired) electrons. The maximum Gasteiger partial charge on any atom is 0.225 e. The number of aryl methyl sites for hydroxylation is 1. The van der Waals surface area contributed by atoms with Crippen molar-refractivity contribution in [1.82, 2.24) is 15.0 Å². The number of carbonyl (C=O) groups excluding carboxylic acids is 1. The van der Waals surface area contributed by atoms with Crippen molar-refractivity contribution in [3.8, 4) is 0 Å². The van der Waals surface area contributed by atoms with Crippen LogP contribution in [-0.2, 0) is 11.2 Å². The standard InChI is InChI=1S/C15H13ClN4O/c16-15-17-8-7-13(20-15)19-14(21)6-5-10-9-18-12-4-2-1-3-11(10)12/h1-4,7-9,18H,5-6H2,(H,17,19,20,21). The molecule has 1 aromatic carbocycles. The van der Waals surface area contributed by atoms with Crippen LogP contribution in [-0.4, -0.2) is 20.9 Å². The van der Waals surface area contributed by atoms with Crippen LogP contribution in [0.2, 0.25) is 5.28 Å². The predicted octanol–water partition coefficient (Wildman–Crippen LogP) is 3.18. The fourth-order valence-corrected chi connectivity index (χ4v) is 2.34. The van der Waals surface area contributed by atoms with Gasteiger partial charge in [-0.1, -0.05) is 18.2 Å². The fraction of sp³-hybridized carbons (Fsp3) is 0.133. The molecule has 3 aromatic rings. The molecule has 0 atom stereocenters. The summed E-state index contributed by atoms with van der Waals surface area (Å²) in [4.78, 5) is 22.8. The maximum atomic E-state index is 11.9. The molecular weight excluding hydrogens is 288 g/mol. The summed E-state index contributed by atoms with van der Waals surface area (Å²) in [6.07, 6.45) is 4.49. The molecule has 6 heteroatoms. The Balaban J connectivity index is 1.63. The summed E-state index contributed by atoms with van der Waals surface area (Å²) in [5, 5.41) is 3.97. The first-order valence-corrected chi connectivity index (χ1v) is 6.93. The largest absolute Gasteiger partial charge is 0.361 e. The highest BCUT2D eigenvalue weighted by atomic mass is 35.5. The van der Waals surface area contributed by atoms with Crippen molar-refractivity contribution in [2.75, 3.05) is 5.32 Å². The van der Waals surface area contributed by atoms with Crippen molar-refractivity contribution in [3.63, 3.8) is 0 Å². The SMILES string of the molecule is O=C(CCc1c[nH]c2ccccc12)Nc1ccnc(Cl)n1. The number of hydrogen-bond acceptors (Lipinski definition) is 3. The van der Waals surface area contributed by atoms with Gasteiger partial charge in [-0.2, -0.15) is 0 Å². The van der Waals surface area contributed by atoms with Crippen molar-refractivity contribution in [2.24, 2.45) is 0 Å². The molecule has 0 saturated heterocycles. The summed E-state index contributed by atoms with van der Waals surface area (Å²) in [6.45, 7) is 0. The molecule has 106 valence electrons. The average molecular weight is 301 g/mol. The smallest absolute Gasteiger partial charge is 0.225 e. The van der Waals surface area contributed by atoms with Gasteiger partial charge in [0.1, 0.15) is 5.82 Å². The van der Waals surface area contributed by atoms with E-state index >= 15 is 0 Å². The van der Waals surface area contributed by atoms with Gasteiger partial charge in [0, 0.05) is 29.7 Å². The van der Waals surface area contributed by atoms with Gasteiger partial charge in [-0.25, -0.2) is 9.97 Å². The van der Waals surface area contributed by atoms with Crippen LogP contribution in [0.4, 0.5) is 5.82 Å². The molecule has 0 saturated carbocycles. The zero-order chi connectivity index (χ0) is 14.7. The quantitative estimate of drug-likeness (QED) is 0.727. The predicted molar refractivity (Wildman–Crippen MR) is 82.3 cm³/mol. The molecule has 0 spiro atoms. The van der Waals surface area contributed by atoms with Crippen LogP contribution in [0.1, 0.15) is 12.0 Å². The third kappa shape index (κ3) is 3.20. The molecule has 21 heavy (non-hydrogen) atoms.